The Morgan fingerprint density at radius 2 is 0.818 bits per heavy atom. The molecular weight excluding hydrogens is 280 g/mol. The van der Waals surface area contributed by atoms with Gasteiger partial charge in [0.05, 0.1) is 0 Å². The molecule has 0 amide bonds. The molecule has 0 bridgehead atoms. The molecule has 0 unspecified atom stereocenters. The van der Waals surface area contributed by atoms with Gasteiger partial charge >= 0.3 is 0 Å². The van der Waals surface area contributed by atoms with E-state index in [1.54, 1.807) is 24.3 Å². The van der Waals surface area contributed by atoms with E-state index >= 15 is 0 Å². The summed E-state index contributed by atoms with van der Waals surface area (Å²) in [5.41, 5.74) is 2.04. The highest BCUT2D eigenvalue weighted by molar-refractivity contribution is 6.81. The number of hydrogen-bond donors (Lipinski definition) is 0. The minimum absolute atomic E-state index is 0.0978. The smallest absolute Gasteiger partial charge is 0.277 e. The fourth-order valence-electron chi connectivity index (χ4n) is 1.88. The molecule has 0 saturated heterocycles. The second-order valence-electron chi connectivity index (χ2n) is 5.05. The van der Waals surface area contributed by atoms with Crippen molar-refractivity contribution < 1.29 is 19.2 Å². The zero-order valence-corrected chi connectivity index (χ0v) is 12.3. The molecule has 110 valence electrons. The molecule has 4 heteroatoms. The highest BCUT2D eigenvalue weighted by Crippen LogP contribution is 2.08. The lowest BCUT2D eigenvalue weighted by molar-refractivity contribution is -0.131. The van der Waals surface area contributed by atoms with Crippen molar-refractivity contribution in [3.8, 4) is 0 Å². The number of hydrogen-bond acceptors (Lipinski definition) is 4. The first-order chi connectivity index (χ1) is 10.4. The van der Waals surface area contributed by atoms with Gasteiger partial charge in [-0.2, -0.15) is 0 Å². The van der Waals surface area contributed by atoms with Gasteiger partial charge in [-0.1, -0.05) is 59.7 Å². The molecule has 0 N–H and O–H groups in total. The lowest BCUT2D eigenvalue weighted by Crippen LogP contribution is -2.30. The molecule has 0 aliphatic rings. The zero-order valence-electron chi connectivity index (χ0n) is 12.3. The third kappa shape index (κ3) is 3.23. The fraction of sp³-hybridized carbons (Fsp3) is 0.111. The summed E-state index contributed by atoms with van der Waals surface area (Å²) in [6, 6.07) is 12.5. The standard InChI is InChI=1S/C18H14O4/c1-11-3-7-13(8-4-11)15(19)17(21)18(22)16(20)14-9-5-12(2)6-10-14/h3-10H,1-2H3. The van der Waals surface area contributed by atoms with Crippen molar-refractivity contribution in [2.45, 2.75) is 13.8 Å². The number of benzene rings is 2. The van der Waals surface area contributed by atoms with Crippen molar-refractivity contribution in [1.29, 1.82) is 0 Å². The molecule has 0 aliphatic heterocycles. The van der Waals surface area contributed by atoms with E-state index in [4.69, 9.17) is 0 Å². The van der Waals surface area contributed by atoms with Crippen LogP contribution in [0.5, 0.6) is 0 Å². The molecule has 22 heavy (non-hydrogen) atoms. The summed E-state index contributed by atoms with van der Waals surface area (Å²) in [6.45, 7) is 3.67. The molecule has 2 aromatic carbocycles. The lowest BCUT2D eigenvalue weighted by Gasteiger charge is -2.01. The van der Waals surface area contributed by atoms with Crippen LogP contribution in [-0.2, 0) is 9.59 Å². The molecule has 0 aromatic heterocycles. The Hall–Kier alpha value is -2.88. The van der Waals surface area contributed by atoms with E-state index in [0.29, 0.717) is 0 Å². The third-order valence-corrected chi connectivity index (χ3v) is 3.25. The minimum Gasteiger partial charge on any atom is -0.285 e. The van der Waals surface area contributed by atoms with Crippen LogP contribution in [0.1, 0.15) is 31.8 Å². The molecular formula is C18H14O4. The molecule has 2 aromatic rings. The molecule has 0 heterocycles. The van der Waals surface area contributed by atoms with Gasteiger partial charge in [-0.25, -0.2) is 0 Å². The van der Waals surface area contributed by atoms with Crippen molar-refractivity contribution >= 4 is 23.1 Å². The molecule has 0 aliphatic carbocycles. The Kier molecular flexibility index (Phi) is 4.41. The van der Waals surface area contributed by atoms with Crippen LogP contribution < -0.4 is 0 Å². The monoisotopic (exact) mass is 294 g/mol. The summed E-state index contributed by atoms with van der Waals surface area (Å²) in [5.74, 6) is -4.56. The van der Waals surface area contributed by atoms with Crippen LogP contribution in [-0.4, -0.2) is 23.1 Å². The van der Waals surface area contributed by atoms with Crippen LogP contribution in [0.15, 0.2) is 48.5 Å². The second-order valence-corrected chi connectivity index (χ2v) is 5.05. The summed E-state index contributed by atoms with van der Waals surface area (Å²) in [4.78, 5) is 47.7. The van der Waals surface area contributed by atoms with E-state index in [1.807, 2.05) is 13.8 Å². The quantitative estimate of drug-likeness (QED) is 0.483. The molecule has 0 radical (unpaired) electrons. The van der Waals surface area contributed by atoms with Gasteiger partial charge in [-0.3, -0.25) is 19.2 Å². The van der Waals surface area contributed by atoms with Gasteiger partial charge in [0.15, 0.2) is 0 Å². The molecule has 0 saturated carbocycles. The van der Waals surface area contributed by atoms with Gasteiger partial charge in [0.25, 0.3) is 11.6 Å². The van der Waals surface area contributed by atoms with Crippen molar-refractivity contribution in [2.24, 2.45) is 0 Å². The zero-order chi connectivity index (χ0) is 16.3. The number of carbonyl (C=O) groups is 4. The number of carbonyl (C=O) groups excluding carboxylic acids is 4. The number of ketones is 4. The molecule has 4 nitrogen and oxygen atoms in total. The SMILES string of the molecule is Cc1ccc(C(=O)C(=O)C(=O)C(=O)c2ccc(C)cc2)cc1. The Morgan fingerprint density at radius 3 is 1.09 bits per heavy atom. The first-order valence-corrected chi connectivity index (χ1v) is 6.71. The van der Waals surface area contributed by atoms with Gasteiger partial charge in [-0.05, 0) is 13.8 Å². The van der Waals surface area contributed by atoms with E-state index in [-0.39, 0.29) is 11.1 Å². The summed E-state index contributed by atoms with van der Waals surface area (Å²) in [5, 5.41) is 0. The Bertz CT molecular complexity index is 685. The number of rotatable bonds is 5. The van der Waals surface area contributed by atoms with Crippen molar-refractivity contribution in [1.82, 2.24) is 0 Å². The third-order valence-electron chi connectivity index (χ3n) is 3.25. The maximum atomic E-state index is 12.0. The van der Waals surface area contributed by atoms with Gasteiger partial charge in [-0.15, -0.1) is 0 Å². The highest BCUT2D eigenvalue weighted by Gasteiger charge is 2.30. The van der Waals surface area contributed by atoms with Crippen molar-refractivity contribution in [3.63, 3.8) is 0 Å². The fourth-order valence-corrected chi connectivity index (χ4v) is 1.88. The van der Waals surface area contributed by atoms with Crippen LogP contribution in [0.25, 0.3) is 0 Å². The Balaban J connectivity index is 2.19. The molecule has 2 rings (SSSR count). The molecule has 0 spiro atoms. The summed E-state index contributed by atoms with van der Waals surface area (Å²) >= 11 is 0. The first-order valence-electron chi connectivity index (χ1n) is 6.71. The van der Waals surface area contributed by atoms with Crippen molar-refractivity contribution in [3.05, 3.63) is 70.8 Å². The maximum Gasteiger partial charge on any atom is 0.277 e. The Labute approximate surface area is 127 Å². The van der Waals surface area contributed by atoms with E-state index < -0.39 is 23.1 Å². The van der Waals surface area contributed by atoms with Crippen LogP contribution in [0, 0.1) is 13.8 Å². The normalized spacial score (nSPS) is 10.1. The van der Waals surface area contributed by atoms with E-state index in [0.717, 1.165) is 11.1 Å². The topological polar surface area (TPSA) is 68.3 Å². The second kappa shape index (κ2) is 6.26. The largest absolute Gasteiger partial charge is 0.285 e. The average Bonchev–Trinajstić information content (AvgIpc) is 2.53. The van der Waals surface area contributed by atoms with Crippen LogP contribution in [0.2, 0.25) is 0 Å². The minimum atomic E-state index is -1.31. The maximum absolute atomic E-state index is 12.0. The summed E-state index contributed by atoms with van der Waals surface area (Å²) < 4.78 is 0. The highest BCUT2D eigenvalue weighted by atomic mass is 16.2. The summed E-state index contributed by atoms with van der Waals surface area (Å²) in [7, 11) is 0. The summed E-state index contributed by atoms with van der Waals surface area (Å²) in [6.07, 6.45) is 0. The van der Waals surface area contributed by atoms with Gasteiger partial charge < -0.3 is 0 Å². The molecule has 0 fully saturated rings. The lowest BCUT2D eigenvalue weighted by atomic mass is 9.98. The molecule has 0 atom stereocenters. The number of aryl methyl sites for hydroxylation is 2. The first kappa shape index (κ1) is 15.5. The van der Waals surface area contributed by atoms with E-state index in [9.17, 15) is 19.2 Å². The number of Topliss-reactive ketones (excluding diaryl/α,β-unsaturated/α-hetero) is 4. The van der Waals surface area contributed by atoms with Crippen molar-refractivity contribution in [2.75, 3.05) is 0 Å². The van der Waals surface area contributed by atoms with E-state index in [1.165, 1.54) is 24.3 Å². The average molecular weight is 294 g/mol. The van der Waals surface area contributed by atoms with Gasteiger partial charge in [0.2, 0.25) is 11.6 Å². The van der Waals surface area contributed by atoms with E-state index in [2.05, 4.69) is 0 Å². The van der Waals surface area contributed by atoms with Crippen LogP contribution in [0.4, 0.5) is 0 Å². The predicted octanol–water partition coefficient (Wildman–Crippen LogP) is 2.51. The van der Waals surface area contributed by atoms with Gasteiger partial charge in [0, 0.05) is 11.1 Å². The van der Waals surface area contributed by atoms with Crippen LogP contribution >= 0.6 is 0 Å². The van der Waals surface area contributed by atoms with Gasteiger partial charge in [0.1, 0.15) is 0 Å². The van der Waals surface area contributed by atoms with Crippen LogP contribution in [0.3, 0.4) is 0 Å². The predicted molar refractivity (Wildman–Crippen MR) is 81.0 cm³/mol. The Morgan fingerprint density at radius 1 is 0.545 bits per heavy atom.